The fraction of sp³-hybridized carbons (Fsp3) is 0.625. The molecule has 106 valence electrons. The third-order valence-electron chi connectivity index (χ3n) is 4.18. The molecule has 0 aromatic heterocycles. The van der Waals surface area contributed by atoms with Crippen LogP contribution in [0.15, 0.2) is 24.3 Å². The Bertz CT molecular complexity index is 369. The maximum atomic E-state index is 6.05. The summed E-state index contributed by atoms with van der Waals surface area (Å²) in [7, 11) is 0. The second-order valence-corrected chi connectivity index (χ2v) is 5.46. The van der Waals surface area contributed by atoms with Crippen molar-refractivity contribution in [1.82, 2.24) is 5.32 Å². The molecule has 1 aromatic carbocycles. The predicted octanol–water partition coefficient (Wildman–Crippen LogP) is 2.45. The second-order valence-electron chi connectivity index (χ2n) is 5.46. The van der Waals surface area contributed by atoms with E-state index in [0.29, 0.717) is 0 Å². The van der Waals surface area contributed by atoms with E-state index in [1.807, 2.05) is 0 Å². The van der Waals surface area contributed by atoms with Crippen molar-refractivity contribution >= 4 is 0 Å². The van der Waals surface area contributed by atoms with Gasteiger partial charge >= 0.3 is 0 Å². The molecule has 0 saturated carbocycles. The number of benzene rings is 1. The molecule has 1 fully saturated rings. The number of hydrogen-bond acceptors (Lipinski definition) is 3. The van der Waals surface area contributed by atoms with E-state index in [9.17, 15) is 0 Å². The van der Waals surface area contributed by atoms with E-state index in [2.05, 4.69) is 36.5 Å². The van der Waals surface area contributed by atoms with E-state index in [0.717, 1.165) is 51.3 Å². The first-order chi connectivity index (χ1) is 9.30. The standard InChI is InChI=1S/C16H26N2O/c1-2-3-12-19-15-6-4-14(5-7-15)16(13-17)8-10-18-11-9-16/h4-7,18H,2-3,8-13,17H2,1H3. The average molecular weight is 262 g/mol. The first-order valence-corrected chi connectivity index (χ1v) is 7.45. The molecule has 0 unspecified atom stereocenters. The van der Waals surface area contributed by atoms with Crippen molar-refractivity contribution < 1.29 is 4.74 Å². The molecule has 3 N–H and O–H groups in total. The van der Waals surface area contributed by atoms with Crippen LogP contribution < -0.4 is 15.8 Å². The van der Waals surface area contributed by atoms with Crippen LogP contribution in [0.2, 0.25) is 0 Å². The highest BCUT2D eigenvalue weighted by Crippen LogP contribution is 2.33. The van der Waals surface area contributed by atoms with Crippen molar-refractivity contribution in [1.29, 1.82) is 0 Å². The summed E-state index contributed by atoms with van der Waals surface area (Å²) in [5, 5.41) is 3.41. The lowest BCUT2D eigenvalue weighted by molar-refractivity contribution is 0.305. The van der Waals surface area contributed by atoms with Gasteiger partial charge in [-0.15, -0.1) is 0 Å². The summed E-state index contributed by atoms with van der Waals surface area (Å²) in [5.74, 6) is 0.971. The molecule has 0 radical (unpaired) electrons. The van der Waals surface area contributed by atoms with Gasteiger partial charge in [-0.05, 0) is 50.0 Å². The Morgan fingerprint density at radius 2 is 1.89 bits per heavy atom. The third kappa shape index (κ3) is 3.48. The van der Waals surface area contributed by atoms with Gasteiger partial charge in [0.15, 0.2) is 0 Å². The van der Waals surface area contributed by atoms with Crippen LogP contribution >= 0.6 is 0 Å². The van der Waals surface area contributed by atoms with Gasteiger partial charge in [-0.3, -0.25) is 0 Å². The fourth-order valence-electron chi connectivity index (χ4n) is 2.76. The Kier molecular flexibility index (Phi) is 5.23. The Labute approximate surface area is 116 Å². The molecule has 1 aromatic rings. The summed E-state index contributed by atoms with van der Waals surface area (Å²) in [6.45, 7) is 5.83. The molecule has 19 heavy (non-hydrogen) atoms. The van der Waals surface area contributed by atoms with Crippen LogP contribution in [0.25, 0.3) is 0 Å². The molecular weight excluding hydrogens is 236 g/mol. The second kappa shape index (κ2) is 6.92. The minimum Gasteiger partial charge on any atom is -0.494 e. The molecule has 2 rings (SSSR count). The van der Waals surface area contributed by atoms with Gasteiger partial charge < -0.3 is 15.8 Å². The Hall–Kier alpha value is -1.06. The van der Waals surface area contributed by atoms with Gasteiger partial charge in [0.25, 0.3) is 0 Å². The molecule has 1 aliphatic rings. The monoisotopic (exact) mass is 262 g/mol. The van der Waals surface area contributed by atoms with Gasteiger partial charge in [-0.1, -0.05) is 25.5 Å². The summed E-state index contributed by atoms with van der Waals surface area (Å²) in [6.07, 6.45) is 4.53. The van der Waals surface area contributed by atoms with Gasteiger partial charge in [-0.2, -0.15) is 0 Å². The van der Waals surface area contributed by atoms with E-state index in [-0.39, 0.29) is 5.41 Å². The highest BCUT2D eigenvalue weighted by Gasteiger charge is 2.32. The fourth-order valence-corrected chi connectivity index (χ4v) is 2.76. The van der Waals surface area contributed by atoms with E-state index in [4.69, 9.17) is 10.5 Å². The number of unbranched alkanes of at least 4 members (excludes halogenated alkanes) is 1. The minimum absolute atomic E-state index is 0.160. The molecule has 1 heterocycles. The minimum atomic E-state index is 0.160. The Morgan fingerprint density at radius 1 is 1.21 bits per heavy atom. The average Bonchev–Trinajstić information content (AvgIpc) is 2.49. The van der Waals surface area contributed by atoms with Crippen LogP contribution in [-0.2, 0) is 5.41 Å². The van der Waals surface area contributed by atoms with Crippen LogP contribution in [0.3, 0.4) is 0 Å². The number of ether oxygens (including phenoxy) is 1. The van der Waals surface area contributed by atoms with E-state index >= 15 is 0 Å². The van der Waals surface area contributed by atoms with Crippen LogP contribution in [0.5, 0.6) is 5.75 Å². The molecule has 3 nitrogen and oxygen atoms in total. The topological polar surface area (TPSA) is 47.3 Å². The summed E-state index contributed by atoms with van der Waals surface area (Å²) < 4.78 is 5.71. The molecule has 0 aliphatic carbocycles. The van der Waals surface area contributed by atoms with Crippen molar-refractivity contribution in [3.8, 4) is 5.75 Å². The van der Waals surface area contributed by atoms with Crippen molar-refractivity contribution in [2.75, 3.05) is 26.2 Å². The molecule has 3 heteroatoms. The molecule has 0 spiro atoms. The first kappa shape index (κ1) is 14.4. The third-order valence-corrected chi connectivity index (χ3v) is 4.18. The lowest BCUT2D eigenvalue weighted by atomic mass is 9.73. The number of hydrogen-bond donors (Lipinski definition) is 2. The Balaban J connectivity index is 2.03. The molecule has 1 aliphatic heterocycles. The van der Waals surface area contributed by atoms with Gasteiger partial charge in [0.1, 0.15) is 5.75 Å². The maximum Gasteiger partial charge on any atom is 0.119 e. The lowest BCUT2D eigenvalue weighted by Gasteiger charge is -2.37. The summed E-state index contributed by atoms with van der Waals surface area (Å²) in [5.41, 5.74) is 7.57. The van der Waals surface area contributed by atoms with E-state index in [1.165, 1.54) is 12.0 Å². The van der Waals surface area contributed by atoms with Crippen molar-refractivity contribution in [3.05, 3.63) is 29.8 Å². The van der Waals surface area contributed by atoms with Crippen molar-refractivity contribution in [3.63, 3.8) is 0 Å². The largest absolute Gasteiger partial charge is 0.494 e. The zero-order valence-electron chi connectivity index (χ0n) is 12.0. The van der Waals surface area contributed by atoms with Gasteiger partial charge in [0.2, 0.25) is 0 Å². The van der Waals surface area contributed by atoms with E-state index in [1.54, 1.807) is 0 Å². The quantitative estimate of drug-likeness (QED) is 0.774. The van der Waals surface area contributed by atoms with Crippen LogP contribution in [-0.4, -0.2) is 26.2 Å². The molecule has 0 amide bonds. The zero-order valence-corrected chi connectivity index (χ0v) is 12.0. The molecule has 1 saturated heterocycles. The Morgan fingerprint density at radius 3 is 2.47 bits per heavy atom. The zero-order chi connectivity index (χ0) is 13.6. The maximum absolute atomic E-state index is 6.05. The molecular formula is C16H26N2O. The first-order valence-electron chi connectivity index (χ1n) is 7.45. The van der Waals surface area contributed by atoms with Gasteiger partial charge in [-0.25, -0.2) is 0 Å². The van der Waals surface area contributed by atoms with Crippen molar-refractivity contribution in [2.24, 2.45) is 5.73 Å². The van der Waals surface area contributed by atoms with Crippen LogP contribution in [0.4, 0.5) is 0 Å². The van der Waals surface area contributed by atoms with Crippen LogP contribution in [0, 0.1) is 0 Å². The molecule has 0 bridgehead atoms. The van der Waals surface area contributed by atoms with Crippen molar-refractivity contribution in [2.45, 2.75) is 38.0 Å². The summed E-state index contributed by atoms with van der Waals surface area (Å²) in [4.78, 5) is 0. The number of nitrogens with one attached hydrogen (secondary N) is 1. The lowest BCUT2D eigenvalue weighted by Crippen LogP contribution is -2.44. The number of nitrogens with two attached hydrogens (primary N) is 1. The summed E-state index contributed by atoms with van der Waals surface area (Å²) in [6, 6.07) is 8.56. The number of rotatable bonds is 6. The molecule has 0 atom stereocenters. The summed E-state index contributed by atoms with van der Waals surface area (Å²) >= 11 is 0. The highest BCUT2D eigenvalue weighted by atomic mass is 16.5. The highest BCUT2D eigenvalue weighted by molar-refractivity contribution is 5.33. The van der Waals surface area contributed by atoms with Gasteiger partial charge in [0.05, 0.1) is 6.61 Å². The van der Waals surface area contributed by atoms with Gasteiger partial charge in [0, 0.05) is 12.0 Å². The van der Waals surface area contributed by atoms with E-state index < -0.39 is 0 Å². The van der Waals surface area contributed by atoms with Crippen LogP contribution in [0.1, 0.15) is 38.2 Å². The normalized spacial score (nSPS) is 18.2. The number of piperidine rings is 1. The smallest absolute Gasteiger partial charge is 0.119 e. The predicted molar refractivity (Wildman–Crippen MR) is 79.7 cm³/mol. The SMILES string of the molecule is CCCCOc1ccc(C2(CN)CCNCC2)cc1.